The van der Waals surface area contributed by atoms with Gasteiger partial charge in [0, 0.05) is 28.3 Å². The summed E-state index contributed by atoms with van der Waals surface area (Å²) in [4.78, 5) is 15.9. The number of rotatable bonds is 5. The summed E-state index contributed by atoms with van der Waals surface area (Å²) in [6.45, 7) is 0. The van der Waals surface area contributed by atoms with E-state index in [4.69, 9.17) is 4.74 Å². The molecule has 29 heavy (non-hydrogen) atoms. The van der Waals surface area contributed by atoms with E-state index in [2.05, 4.69) is 57.3 Å². The number of hydrogen-bond donors (Lipinski definition) is 0. The maximum absolute atomic E-state index is 11.8. The predicted octanol–water partition coefficient (Wildman–Crippen LogP) is 5.47. The van der Waals surface area contributed by atoms with Gasteiger partial charge in [-0.2, -0.15) is 0 Å². The van der Waals surface area contributed by atoms with Crippen LogP contribution in [0, 0.1) is 0 Å². The zero-order valence-corrected chi connectivity index (χ0v) is 18.0. The molecule has 4 rings (SSSR count). The molecule has 0 aliphatic rings. The van der Waals surface area contributed by atoms with Gasteiger partial charge < -0.3 is 0 Å². The number of hydrogen-bond acceptors (Lipinski definition) is 3. The molecular weight excluding hydrogens is 443 g/mol. The smallest absolute Gasteiger partial charge is 0.153 e. The molecule has 0 unspecified atom stereocenters. The van der Waals surface area contributed by atoms with E-state index in [1.807, 2.05) is 54.6 Å². The van der Waals surface area contributed by atoms with Gasteiger partial charge in [0.1, 0.15) is 0 Å². The monoisotopic (exact) mass is 460 g/mol. The molecule has 0 spiro atoms. The number of aldehydes is 1. The molecule has 0 fully saturated rings. The van der Waals surface area contributed by atoms with Crippen molar-refractivity contribution in [2.24, 2.45) is 4.74 Å². The summed E-state index contributed by atoms with van der Waals surface area (Å²) in [5.74, 6) is 0. The van der Waals surface area contributed by atoms with E-state index in [1.165, 1.54) is 0 Å². The summed E-state index contributed by atoms with van der Waals surface area (Å²) in [6.07, 6.45) is 4.06. The van der Waals surface area contributed by atoms with Gasteiger partial charge in [-0.3, -0.25) is 14.5 Å². The Kier molecular flexibility index (Phi) is 5.84. The first-order valence-electron chi connectivity index (χ1n) is 9.13. The second-order valence-corrected chi connectivity index (χ2v) is 10.3. The number of pyridine rings is 1. The second kappa shape index (κ2) is 8.69. The zero-order chi connectivity index (χ0) is 20.1. The molecular formula is C24H18BrN2OP. The molecule has 3 nitrogen and oxygen atoms in total. The third-order valence-electron chi connectivity index (χ3n) is 4.67. The lowest BCUT2D eigenvalue weighted by atomic mass is 10.3. The van der Waals surface area contributed by atoms with E-state index in [-0.39, 0.29) is 0 Å². The lowest BCUT2D eigenvalue weighted by molar-refractivity contribution is 0.112. The fourth-order valence-corrected chi connectivity index (χ4v) is 7.48. The van der Waals surface area contributed by atoms with Gasteiger partial charge in [0.05, 0.1) is 22.8 Å². The molecule has 0 saturated carbocycles. The summed E-state index contributed by atoms with van der Waals surface area (Å²) in [5.41, 5.74) is 1.09. The Labute approximate surface area is 178 Å². The van der Waals surface area contributed by atoms with E-state index < -0.39 is 7.05 Å². The summed E-state index contributed by atoms with van der Waals surface area (Å²) >= 11 is 3.56. The van der Waals surface area contributed by atoms with Gasteiger partial charge in [-0.15, -0.1) is 0 Å². The third-order valence-corrected chi connectivity index (χ3v) is 8.88. The quantitative estimate of drug-likeness (QED) is 0.293. The van der Waals surface area contributed by atoms with Gasteiger partial charge >= 0.3 is 0 Å². The van der Waals surface area contributed by atoms with Crippen LogP contribution in [0.2, 0.25) is 0 Å². The first-order valence-corrected chi connectivity index (χ1v) is 11.7. The fraction of sp³-hybridized carbons (Fsp3) is 0. The highest BCUT2D eigenvalue weighted by Crippen LogP contribution is 2.50. The molecule has 0 aliphatic carbocycles. The van der Waals surface area contributed by atoms with Crippen LogP contribution in [-0.4, -0.2) is 11.3 Å². The number of nitrogens with zero attached hydrogens (tertiary/aromatic N) is 2. The van der Waals surface area contributed by atoms with Crippen molar-refractivity contribution in [3.8, 4) is 0 Å². The van der Waals surface area contributed by atoms with Gasteiger partial charge in [-0.1, -0.05) is 91.0 Å². The van der Waals surface area contributed by atoms with Crippen molar-refractivity contribution in [2.75, 3.05) is 0 Å². The van der Waals surface area contributed by atoms with Crippen LogP contribution >= 0.6 is 23.0 Å². The minimum atomic E-state index is -2.43. The highest BCUT2D eigenvalue weighted by molar-refractivity contribution is 9.10. The molecule has 0 saturated heterocycles. The molecule has 142 valence electrons. The molecule has 0 aliphatic heterocycles. The number of carbonyl (C=O) groups excluding carboxylic acids is 1. The lowest BCUT2D eigenvalue weighted by Crippen LogP contribution is -2.25. The molecule has 0 amide bonds. The SMILES string of the molecule is O=Cc1cncc(Br)c1N=P(c1ccccc1)(c1ccccc1)c1ccccc1. The standard InChI is InChI=1S/C24H18BrN2OP/c25-23-17-26-16-19(18-28)24(23)27-29(20-10-4-1-5-11-20,21-12-6-2-7-13-21)22-14-8-3-9-15-22/h1-18H. The van der Waals surface area contributed by atoms with Gasteiger partial charge in [0.15, 0.2) is 6.29 Å². The molecule has 0 N–H and O–H groups in total. The van der Waals surface area contributed by atoms with Crippen molar-refractivity contribution < 1.29 is 4.79 Å². The highest BCUT2D eigenvalue weighted by Gasteiger charge is 2.28. The maximum atomic E-state index is 11.8. The van der Waals surface area contributed by atoms with Crippen LogP contribution in [0.25, 0.3) is 0 Å². The Morgan fingerprint density at radius 3 is 1.59 bits per heavy atom. The van der Waals surface area contributed by atoms with Crippen molar-refractivity contribution in [1.82, 2.24) is 4.98 Å². The number of carbonyl (C=O) groups is 1. The van der Waals surface area contributed by atoms with Crippen LogP contribution in [0.15, 0.2) is 113 Å². The summed E-state index contributed by atoms with van der Waals surface area (Å²) in [6, 6.07) is 30.9. The Morgan fingerprint density at radius 1 is 0.724 bits per heavy atom. The Morgan fingerprint density at radius 2 is 1.17 bits per heavy atom. The Balaban J connectivity index is 2.20. The lowest BCUT2D eigenvalue weighted by Gasteiger charge is -2.27. The Bertz CT molecular complexity index is 1080. The maximum Gasteiger partial charge on any atom is 0.153 e. The van der Waals surface area contributed by atoms with Crippen LogP contribution in [0.4, 0.5) is 5.69 Å². The second-order valence-electron chi connectivity index (χ2n) is 6.42. The molecule has 5 heteroatoms. The largest absolute Gasteiger partial charge is 0.298 e. The predicted molar refractivity (Wildman–Crippen MR) is 125 cm³/mol. The van der Waals surface area contributed by atoms with Gasteiger partial charge in [-0.25, -0.2) is 0 Å². The van der Waals surface area contributed by atoms with Crippen molar-refractivity contribution in [1.29, 1.82) is 0 Å². The van der Waals surface area contributed by atoms with Crippen LogP contribution in [-0.2, 0) is 0 Å². The number of aromatic nitrogens is 1. The molecule has 0 bridgehead atoms. The van der Waals surface area contributed by atoms with E-state index in [9.17, 15) is 4.79 Å². The molecule has 0 radical (unpaired) electrons. The first kappa shape index (κ1) is 19.5. The van der Waals surface area contributed by atoms with E-state index in [0.29, 0.717) is 15.7 Å². The molecule has 1 heterocycles. The number of halogens is 1. The topological polar surface area (TPSA) is 42.3 Å². The zero-order valence-electron chi connectivity index (χ0n) is 15.5. The van der Waals surface area contributed by atoms with E-state index in [1.54, 1.807) is 12.4 Å². The minimum absolute atomic E-state index is 0.464. The molecule has 4 aromatic rings. The van der Waals surface area contributed by atoms with Crippen molar-refractivity contribution in [3.63, 3.8) is 0 Å². The average Bonchev–Trinajstić information content (AvgIpc) is 2.80. The Hall–Kier alpha value is -2.81. The van der Waals surface area contributed by atoms with Crippen molar-refractivity contribution in [3.05, 3.63) is 113 Å². The average molecular weight is 461 g/mol. The third kappa shape index (κ3) is 3.74. The van der Waals surface area contributed by atoms with Crippen LogP contribution in [0.5, 0.6) is 0 Å². The van der Waals surface area contributed by atoms with E-state index >= 15 is 0 Å². The van der Waals surface area contributed by atoms with Crippen LogP contribution in [0.1, 0.15) is 10.4 Å². The van der Waals surface area contributed by atoms with Gasteiger partial charge in [-0.05, 0) is 15.9 Å². The van der Waals surface area contributed by atoms with Crippen LogP contribution < -0.4 is 15.9 Å². The van der Waals surface area contributed by atoms with Crippen molar-refractivity contribution in [2.45, 2.75) is 0 Å². The fourth-order valence-electron chi connectivity index (χ4n) is 3.34. The van der Waals surface area contributed by atoms with Gasteiger partial charge in [0.25, 0.3) is 0 Å². The highest BCUT2D eigenvalue weighted by atomic mass is 79.9. The molecule has 0 atom stereocenters. The normalized spacial score (nSPS) is 11.1. The van der Waals surface area contributed by atoms with Crippen molar-refractivity contribution >= 4 is 50.9 Å². The minimum Gasteiger partial charge on any atom is -0.298 e. The van der Waals surface area contributed by atoms with Crippen LogP contribution in [0.3, 0.4) is 0 Å². The first-order chi connectivity index (χ1) is 14.3. The summed E-state index contributed by atoms with van der Waals surface area (Å²) in [7, 11) is -2.43. The number of benzene rings is 3. The summed E-state index contributed by atoms with van der Waals surface area (Å²) < 4.78 is 6.07. The molecule has 1 aromatic heterocycles. The summed E-state index contributed by atoms with van der Waals surface area (Å²) in [5, 5.41) is 3.37. The molecule has 3 aromatic carbocycles. The van der Waals surface area contributed by atoms with E-state index in [0.717, 1.165) is 22.2 Å². The van der Waals surface area contributed by atoms with Gasteiger partial charge in [0.2, 0.25) is 0 Å².